The molecular weight excluding hydrogens is 341 g/mol. The number of hydrogen-bond donors (Lipinski definition) is 2. The number of aryl methyl sites for hydroxylation is 1. The zero-order valence-electron chi connectivity index (χ0n) is 14.9. The highest BCUT2D eigenvalue weighted by molar-refractivity contribution is 5.79. The minimum absolute atomic E-state index is 0.174. The van der Waals surface area contributed by atoms with Crippen LogP contribution in [0.1, 0.15) is 29.2 Å². The van der Waals surface area contributed by atoms with Gasteiger partial charge in [-0.1, -0.05) is 12.1 Å². The van der Waals surface area contributed by atoms with Gasteiger partial charge in [0, 0.05) is 25.5 Å². The smallest absolute Gasteiger partial charge is 0.357 e. The molecule has 7 heteroatoms. The van der Waals surface area contributed by atoms with Crippen LogP contribution in [0.2, 0.25) is 0 Å². The van der Waals surface area contributed by atoms with Crippen LogP contribution < -0.4 is 10.6 Å². The van der Waals surface area contributed by atoms with Crippen LogP contribution in [0.15, 0.2) is 47.7 Å². The third kappa shape index (κ3) is 6.06. The summed E-state index contributed by atoms with van der Waals surface area (Å²) in [6, 6.07) is 7.22. The van der Waals surface area contributed by atoms with Gasteiger partial charge in [-0.25, -0.2) is 4.99 Å². The summed E-state index contributed by atoms with van der Waals surface area (Å²) < 4.78 is 38.3. The van der Waals surface area contributed by atoms with E-state index >= 15 is 0 Å². The van der Waals surface area contributed by atoms with Gasteiger partial charge in [0.15, 0.2) is 5.96 Å². The lowest BCUT2D eigenvalue weighted by molar-refractivity contribution is -0.137. The molecule has 0 atom stereocenters. The number of pyridine rings is 1. The first-order valence-corrected chi connectivity index (χ1v) is 8.48. The maximum absolute atomic E-state index is 12.8. The molecule has 0 saturated heterocycles. The first-order chi connectivity index (χ1) is 12.4. The highest BCUT2D eigenvalue weighted by Crippen LogP contribution is 2.29. The Kier molecular flexibility index (Phi) is 7.00. The quantitative estimate of drug-likeness (QED) is 0.607. The Morgan fingerprint density at radius 3 is 2.69 bits per heavy atom. The summed E-state index contributed by atoms with van der Waals surface area (Å²) in [6.07, 6.45) is 0.0464. The SMILES string of the molecule is CCNC(=NCc1cccc(C(F)(F)F)c1)NCCc1ccncc1C. The average Bonchev–Trinajstić information content (AvgIpc) is 2.61. The number of alkyl halides is 3. The molecule has 0 aliphatic heterocycles. The Bertz CT molecular complexity index is 742. The lowest BCUT2D eigenvalue weighted by Crippen LogP contribution is -2.38. The Morgan fingerprint density at radius 2 is 2.00 bits per heavy atom. The van der Waals surface area contributed by atoms with Gasteiger partial charge in [-0.3, -0.25) is 4.98 Å². The Hall–Kier alpha value is -2.57. The molecule has 1 aromatic carbocycles. The third-order valence-corrected chi connectivity index (χ3v) is 3.84. The lowest BCUT2D eigenvalue weighted by Gasteiger charge is -2.12. The molecule has 26 heavy (non-hydrogen) atoms. The molecule has 140 valence electrons. The monoisotopic (exact) mass is 364 g/mol. The van der Waals surface area contributed by atoms with E-state index in [1.807, 2.05) is 26.1 Å². The van der Waals surface area contributed by atoms with Gasteiger partial charge in [-0.05, 0) is 55.2 Å². The van der Waals surface area contributed by atoms with Crippen molar-refractivity contribution < 1.29 is 13.2 Å². The van der Waals surface area contributed by atoms with Crippen molar-refractivity contribution in [3.63, 3.8) is 0 Å². The molecule has 0 spiro atoms. The second kappa shape index (κ2) is 9.22. The van der Waals surface area contributed by atoms with Crippen molar-refractivity contribution in [2.75, 3.05) is 13.1 Å². The molecule has 1 heterocycles. The summed E-state index contributed by atoms with van der Waals surface area (Å²) in [5.41, 5.74) is 2.18. The van der Waals surface area contributed by atoms with Crippen LogP contribution in [0, 0.1) is 6.92 Å². The van der Waals surface area contributed by atoms with E-state index in [2.05, 4.69) is 20.6 Å². The molecule has 2 rings (SSSR count). The van der Waals surface area contributed by atoms with E-state index in [1.54, 1.807) is 12.3 Å². The number of aliphatic imine (C=N–C) groups is 1. The van der Waals surface area contributed by atoms with Crippen LogP contribution in [0.25, 0.3) is 0 Å². The molecule has 0 saturated carbocycles. The van der Waals surface area contributed by atoms with E-state index in [0.29, 0.717) is 24.6 Å². The van der Waals surface area contributed by atoms with Crippen molar-refractivity contribution in [3.05, 3.63) is 65.0 Å². The molecule has 0 aliphatic rings. The number of hydrogen-bond acceptors (Lipinski definition) is 2. The van der Waals surface area contributed by atoms with E-state index in [9.17, 15) is 13.2 Å². The highest BCUT2D eigenvalue weighted by atomic mass is 19.4. The van der Waals surface area contributed by atoms with Gasteiger partial charge in [0.2, 0.25) is 0 Å². The van der Waals surface area contributed by atoms with Gasteiger partial charge in [-0.15, -0.1) is 0 Å². The molecular formula is C19H23F3N4. The molecule has 2 N–H and O–H groups in total. The summed E-state index contributed by atoms with van der Waals surface area (Å²) in [6.45, 7) is 5.46. The number of guanidine groups is 1. The minimum atomic E-state index is -4.34. The second-order valence-corrected chi connectivity index (χ2v) is 5.87. The van der Waals surface area contributed by atoms with Crippen LogP contribution in [0.3, 0.4) is 0 Å². The molecule has 0 amide bonds. The lowest BCUT2D eigenvalue weighted by atomic mass is 10.1. The highest BCUT2D eigenvalue weighted by Gasteiger charge is 2.30. The summed E-state index contributed by atoms with van der Waals surface area (Å²) in [5.74, 6) is 0.580. The zero-order valence-corrected chi connectivity index (χ0v) is 14.9. The van der Waals surface area contributed by atoms with Crippen LogP contribution in [0.5, 0.6) is 0 Å². The van der Waals surface area contributed by atoms with E-state index in [1.165, 1.54) is 11.6 Å². The molecule has 1 aromatic heterocycles. The second-order valence-electron chi connectivity index (χ2n) is 5.87. The molecule has 0 bridgehead atoms. The molecule has 0 aliphatic carbocycles. The summed E-state index contributed by atoms with van der Waals surface area (Å²) in [5, 5.41) is 6.31. The average molecular weight is 364 g/mol. The number of nitrogens with one attached hydrogen (secondary N) is 2. The van der Waals surface area contributed by atoms with Gasteiger partial charge >= 0.3 is 6.18 Å². The van der Waals surface area contributed by atoms with Gasteiger partial charge in [-0.2, -0.15) is 13.2 Å². The Morgan fingerprint density at radius 1 is 1.19 bits per heavy atom. The summed E-state index contributed by atoms with van der Waals surface area (Å²) in [4.78, 5) is 8.44. The van der Waals surface area contributed by atoms with Crippen LogP contribution >= 0.6 is 0 Å². The van der Waals surface area contributed by atoms with E-state index < -0.39 is 11.7 Å². The van der Waals surface area contributed by atoms with Crippen molar-refractivity contribution in [2.45, 2.75) is 33.0 Å². The van der Waals surface area contributed by atoms with E-state index in [0.717, 1.165) is 24.1 Å². The number of nitrogens with zero attached hydrogens (tertiary/aromatic N) is 2. The Labute approximate surface area is 151 Å². The fourth-order valence-corrected chi connectivity index (χ4v) is 2.46. The topological polar surface area (TPSA) is 49.3 Å². The normalized spacial score (nSPS) is 12.1. The molecule has 0 unspecified atom stereocenters. The van der Waals surface area contributed by atoms with Crippen LogP contribution in [-0.2, 0) is 19.1 Å². The van der Waals surface area contributed by atoms with Gasteiger partial charge in [0.1, 0.15) is 0 Å². The van der Waals surface area contributed by atoms with Crippen molar-refractivity contribution in [1.82, 2.24) is 15.6 Å². The van der Waals surface area contributed by atoms with E-state index in [-0.39, 0.29) is 6.54 Å². The predicted molar refractivity (Wildman–Crippen MR) is 96.9 cm³/mol. The maximum Gasteiger partial charge on any atom is 0.416 e. The van der Waals surface area contributed by atoms with Crippen LogP contribution in [0.4, 0.5) is 13.2 Å². The fourth-order valence-electron chi connectivity index (χ4n) is 2.46. The minimum Gasteiger partial charge on any atom is -0.357 e. The number of aromatic nitrogens is 1. The third-order valence-electron chi connectivity index (χ3n) is 3.84. The van der Waals surface area contributed by atoms with Crippen molar-refractivity contribution in [3.8, 4) is 0 Å². The number of benzene rings is 1. The van der Waals surface area contributed by atoms with Gasteiger partial charge in [0.05, 0.1) is 12.1 Å². The summed E-state index contributed by atoms with van der Waals surface area (Å²) >= 11 is 0. The van der Waals surface area contributed by atoms with Crippen molar-refractivity contribution >= 4 is 5.96 Å². The number of halogens is 3. The summed E-state index contributed by atoms with van der Waals surface area (Å²) in [7, 11) is 0. The molecule has 2 aromatic rings. The maximum atomic E-state index is 12.8. The predicted octanol–water partition coefficient (Wildman–Crippen LogP) is 3.71. The van der Waals surface area contributed by atoms with E-state index in [4.69, 9.17) is 0 Å². The van der Waals surface area contributed by atoms with Gasteiger partial charge < -0.3 is 10.6 Å². The first-order valence-electron chi connectivity index (χ1n) is 8.48. The zero-order chi connectivity index (χ0) is 19.0. The van der Waals surface area contributed by atoms with Crippen molar-refractivity contribution in [1.29, 1.82) is 0 Å². The van der Waals surface area contributed by atoms with Crippen LogP contribution in [-0.4, -0.2) is 24.0 Å². The van der Waals surface area contributed by atoms with Crippen molar-refractivity contribution in [2.24, 2.45) is 4.99 Å². The standard InChI is InChI=1S/C19H23F3N4/c1-3-24-18(25-10-8-16-7-9-23-12-14(16)2)26-13-15-5-4-6-17(11-15)19(20,21)22/h4-7,9,11-12H,3,8,10,13H2,1-2H3,(H2,24,25,26). The Balaban J connectivity index is 1.97. The fraction of sp³-hybridized carbons (Fsp3) is 0.368. The first kappa shape index (κ1) is 19.8. The molecule has 4 nitrogen and oxygen atoms in total. The number of rotatable bonds is 6. The molecule has 0 fully saturated rings. The molecule has 0 radical (unpaired) electrons. The largest absolute Gasteiger partial charge is 0.416 e. The van der Waals surface area contributed by atoms with Gasteiger partial charge in [0.25, 0.3) is 0 Å².